The minimum atomic E-state index is 0.834. The summed E-state index contributed by atoms with van der Waals surface area (Å²) in [4.78, 5) is 2.49. The highest BCUT2D eigenvalue weighted by Gasteiger charge is 2.07. The molecule has 10 heavy (non-hydrogen) atoms. The van der Waals surface area contributed by atoms with Crippen molar-refractivity contribution in [3.05, 3.63) is 6.42 Å². The first kappa shape index (κ1) is 8.02. The molecule has 2 nitrogen and oxygen atoms in total. The Morgan fingerprint density at radius 3 is 2.60 bits per heavy atom. The SMILES string of the molecule is NCCCN1CC[CH]CC1. The van der Waals surface area contributed by atoms with Gasteiger partial charge >= 0.3 is 0 Å². The quantitative estimate of drug-likeness (QED) is 0.625. The average Bonchev–Trinajstić information content (AvgIpc) is 2.03. The van der Waals surface area contributed by atoms with Crippen LogP contribution in [0.15, 0.2) is 0 Å². The number of likely N-dealkylation sites (tertiary alicyclic amines) is 1. The lowest BCUT2D eigenvalue weighted by Crippen LogP contribution is -2.31. The second-order valence-corrected chi connectivity index (χ2v) is 2.85. The van der Waals surface area contributed by atoms with Crippen molar-refractivity contribution in [2.45, 2.75) is 19.3 Å². The van der Waals surface area contributed by atoms with E-state index in [9.17, 15) is 0 Å². The summed E-state index contributed by atoms with van der Waals surface area (Å²) in [6.45, 7) is 4.53. The molecule has 1 fully saturated rings. The summed E-state index contributed by atoms with van der Waals surface area (Å²) in [6.07, 6.45) is 6.06. The number of hydrogen-bond acceptors (Lipinski definition) is 2. The summed E-state index contributed by atoms with van der Waals surface area (Å²) in [7, 11) is 0. The maximum atomic E-state index is 5.41. The van der Waals surface area contributed by atoms with Gasteiger partial charge in [-0.05, 0) is 51.9 Å². The van der Waals surface area contributed by atoms with Crippen LogP contribution in [0.3, 0.4) is 0 Å². The molecule has 0 aromatic carbocycles. The third-order valence-electron chi connectivity index (χ3n) is 1.98. The normalized spacial score (nSPS) is 21.3. The Bertz CT molecular complexity index is 77.3. The molecule has 59 valence electrons. The highest BCUT2D eigenvalue weighted by atomic mass is 15.1. The summed E-state index contributed by atoms with van der Waals surface area (Å²) in [5.41, 5.74) is 5.41. The van der Waals surface area contributed by atoms with Crippen LogP contribution < -0.4 is 5.73 Å². The first-order valence-corrected chi connectivity index (χ1v) is 4.17. The van der Waals surface area contributed by atoms with Gasteiger partial charge in [0, 0.05) is 0 Å². The fourth-order valence-corrected chi connectivity index (χ4v) is 1.34. The van der Waals surface area contributed by atoms with Crippen LogP contribution in [0.2, 0.25) is 0 Å². The Morgan fingerprint density at radius 1 is 1.30 bits per heavy atom. The van der Waals surface area contributed by atoms with Crippen molar-refractivity contribution in [1.29, 1.82) is 0 Å². The van der Waals surface area contributed by atoms with Gasteiger partial charge in [-0.3, -0.25) is 0 Å². The predicted octanol–water partition coefficient (Wildman–Crippen LogP) is 0.635. The average molecular weight is 141 g/mol. The van der Waals surface area contributed by atoms with Gasteiger partial charge in [0.2, 0.25) is 0 Å². The minimum Gasteiger partial charge on any atom is -0.330 e. The topological polar surface area (TPSA) is 29.3 Å². The van der Waals surface area contributed by atoms with Crippen molar-refractivity contribution in [1.82, 2.24) is 4.90 Å². The molecule has 1 saturated heterocycles. The molecule has 0 bridgehead atoms. The number of rotatable bonds is 3. The summed E-state index contributed by atoms with van der Waals surface area (Å²) in [5.74, 6) is 0. The highest BCUT2D eigenvalue weighted by Crippen LogP contribution is 2.06. The molecule has 0 atom stereocenters. The van der Waals surface area contributed by atoms with Crippen molar-refractivity contribution >= 4 is 0 Å². The lowest BCUT2D eigenvalue weighted by molar-refractivity contribution is 0.253. The van der Waals surface area contributed by atoms with E-state index in [0.717, 1.165) is 13.0 Å². The van der Waals surface area contributed by atoms with E-state index in [0.29, 0.717) is 0 Å². The van der Waals surface area contributed by atoms with E-state index in [1.54, 1.807) is 0 Å². The molecule has 0 saturated carbocycles. The first-order valence-electron chi connectivity index (χ1n) is 4.17. The van der Waals surface area contributed by atoms with Gasteiger partial charge in [0.25, 0.3) is 0 Å². The molecule has 1 heterocycles. The van der Waals surface area contributed by atoms with Crippen LogP contribution in [0.4, 0.5) is 0 Å². The molecule has 1 rings (SSSR count). The van der Waals surface area contributed by atoms with Gasteiger partial charge in [-0.25, -0.2) is 0 Å². The molecule has 0 amide bonds. The first-order chi connectivity index (χ1) is 4.93. The van der Waals surface area contributed by atoms with Crippen LogP contribution >= 0.6 is 0 Å². The largest absolute Gasteiger partial charge is 0.330 e. The van der Waals surface area contributed by atoms with Crippen molar-refractivity contribution in [2.24, 2.45) is 5.73 Å². The summed E-state index contributed by atoms with van der Waals surface area (Å²) in [5, 5.41) is 0. The maximum absolute atomic E-state index is 5.41. The molecule has 0 unspecified atom stereocenters. The molecule has 1 radical (unpaired) electrons. The second kappa shape index (κ2) is 4.69. The van der Waals surface area contributed by atoms with Crippen LogP contribution in [0.5, 0.6) is 0 Å². The maximum Gasteiger partial charge on any atom is -0.000671 e. The summed E-state index contributed by atoms with van der Waals surface area (Å²) < 4.78 is 0. The molecule has 1 aliphatic rings. The van der Waals surface area contributed by atoms with Crippen molar-refractivity contribution in [2.75, 3.05) is 26.2 Å². The van der Waals surface area contributed by atoms with Gasteiger partial charge in [0.05, 0.1) is 0 Å². The third kappa shape index (κ3) is 2.67. The minimum absolute atomic E-state index is 0.834. The zero-order valence-corrected chi connectivity index (χ0v) is 6.55. The number of hydrogen-bond donors (Lipinski definition) is 1. The lowest BCUT2D eigenvalue weighted by Gasteiger charge is -2.25. The third-order valence-corrected chi connectivity index (χ3v) is 1.98. The van der Waals surface area contributed by atoms with Gasteiger partial charge in [-0.1, -0.05) is 0 Å². The lowest BCUT2D eigenvalue weighted by atomic mass is 10.1. The van der Waals surface area contributed by atoms with Crippen molar-refractivity contribution in [3.63, 3.8) is 0 Å². The van der Waals surface area contributed by atoms with E-state index in [-0.39, 0.29) is 0 Å². The van der Waals surface area contributed by atoms with Crippen LogP contribution in [-0.2, 0) is 0 Å². The molecule has 0 spiro atoms. The van der Waals surface area contributed by atoms with Gasteiger partial charge < -0.3 is 10.6 Å². The Balaban J connectivity index is 2.02. The fourth-order valence-electron chi connectivity index (χ4n) is 1.34. The molecule has 0 aromatic heterocycles. The van der Waals surface area contributed by atoms with Gasteiger partial charge in [-0.2, -0.15) is 0 Å². The zero-order valence-electron chi connectivity index (χ0n) is 6.55. The van der Waals surface area contributed by atoms with Crippen LogP contribution in [0, 0.1) is 6.42 Å². The Kier molecular flexibility index (Phi) is 3.76. The van der Waals surface area contributed by atoms with Gasteiger partial charge in [0.1, 0.15) is 0 Å². The number of piperidine rings is 1. The summed E-state index contributed by atoms with van der Waals surface area (Å²) in [6, 6.07) is 0. The second-order valence-electron chi connectivity index (χ2n) is 2.85. The molecule has 2 heteroatoms. The monoisotopic (exact) mass is 141 g/mol. The van der Waals surface area contributed by atoms with Crippen molar-refractivity contribution in [3.8, 4) is 0 Å². The predicted molar refractivity (Wildman–Crippen MR) is 43.6 cm³/mol. The van der Waals surface area contributed by atoms with Crippen LogP contribution in [-0.4, -0.2) is 31.1 Å². The molecule has 1 aliphatic heterocycles. The fraction of sp³-hybridized carbons (Fsp3) is 0.875. The van der Waals surface area contributed by atoms with E-state index in [1.165, 1.54) is 32.5 Å². The molecule has 2 N–H and O–H groups in total. The smallest absolute Gasteiger partial charge is 0.000671 e. The van der Waals surface area contributed by atoms with Gasteiger partial charge in [0.15, 0.2) is 0 Å². The molecule has 0 aliphatic carbocycles. The van der Waals surface area contributed by atoms with E-state index in [2.05, 4.69) is 11.3 Å². The van der Waals surface area contributed by atoms with Crippen molar-refractivity contribution < 1.29 is 0 Å². The van der Waals surface area contributed by atoms with E-state index >= 15 is 0 Å². The molecule has 0 aromatic rings. The molecular weight excluding hydrogens is 124 g/mol. The number of nitrogens with two attached hydrogens (primary N) is 1. The zero-order chi connectivity index (χ0) is 7.23. The molecular formula is C8H17N2. The Labute approximate surface area is 63.4 Å². The Hall–Kier alpha value is -0.0800. The highest BCUT2D eigenvalue weighted by molar-refractivity contribution is 4.76. The van der Waals surface area contributed by atoms with Crippen LogP contribution in [0.25, 0.3) is 0 Å². The Morgan fingerprint density at radius 2 is 2.00 bits per heavy atom. The van der Waals surface area contributed by atoms with E-state index in [1.807, 2.05) is 0 Å². The summed E-state index contributed by atoms with van der Waals surface area (Å²) >= 11 is 0. The van der Waals surface area contributed by atoms with Gasteiger partial charge in [-0.15, -0.1) is 0 Å². The van der Waals surface area contributed by atoms with E-state index < -0.39 is 0 Å². The number of nitrogens with zero attached hydrogens (tertiary/aromatic N) is 1. The standard InChI is InChI=1S/C8H17N2/c9-5-4-8-10-6-2-1-3-7-10/h1H,2-9H2. The van der Waals surface area contributed by atoms with Crippen LogP contribution in [0.1, 0.15) is 19.3 Å². The van der Waals surface area contributed by atoms with E-state index in [4.69, 9.17) is 5.73 Å².